The van der Waals surface area contributed by atoms with Crippen LogP contribution in [0.1, 0.15) is 34.4 Å². The van der Waals surface area contributed by atoms with Crippen molar-refractivity contribution in [2.45, 2.75) is 33.2 Å². The number of nitrogens with one attached hydrogen (secondary N) is 2. The van der Waals surface area contributed by atoms with Gasteiger partial charge in [0.05, 0.1) is 0 Å². The minimum atomic E-state index is -0.540. The van der Waals surface area contributed by atoms with Crippen molar-refractivity contribution in [2.24, 2.45) is 0 Å². The first-order valence-corrected chi connectivity index (χ1v) is 8.98. The van der Waals surface area contributed by atoms with Crippen molar-refractivity contribution < 1.29 is 14.3 Å². The number of amides is 1. The summed E-state index contributed by atoms with van der Waals surface area (Å²) >= 11 is 5.88. The number of hydrogen-bond acceptors (Lipinski definition) is 5. The molecular formula is C20H20ClN3O4. The number of H-pyrrole nitrogens is 1. The third-order valence-corrected chi connectivity index (χ3v) is 4.48. The number of nitriles is 1. The molecule has 146 valence electrons. The van der Waals surface area contributed by atoms with Crippen LogP contribution in [-0.4, -0.2) is 23.5 Å². The molecule has 28 heavy (non-hydrogen) atoms. The number of aromatic amines is 1. The third-order valence-electron chi connectivity index (χ3n) is 4.24. The number of carbonyl (C=O) groups excluding carboxylic acids is 2. The van der Waals surface area contributed by atoms with Crippen LogP contribution in [0.3, 0.4) is 0 Å². The number of halogens is 1. The molecule has 2 N–H and O–H groups in total. The zero-order valence-electron chi connectivity index (χ0n) is 15.6. The molecule has 2 rings (SSSR count). The second-order valence-corrected chi connectivity index (χ2v) is 6.67. The van der Waals surface area contributed by atoms with Gasteiger partial charge >= 0.3 is 5.97 Å². The van der Waals surface area contributed by atoms with Crippen LogP contribution in [0.15, 0.2) is 29.1 Å². The number of pyridine rings is 1. The average Bonchev–Trinajstić information content (AvgIpc) is 2.64. The summed E-state index contributed by atoms with van der Waals surface area (Å²) in [5.41, 5.74) is 2.31. The van der Waals surface area contributed by atoms with Crippen molar-refractivity contribution in [1.29, 1.82) is 5.26 Å². The maximum Gasteiger partial charge on any atom is 0.306 e. The number of benzene rings is 1. The highest BCUT2D eigenvalue weighted by molar-refractivity contribution is 6.30. The first kappa shape index (κ1) is 21.2. The van der Waals surface area contributed by atoms with Crippen molar-refractivity contribution in [3.05, 3.63) is 67.6 Å². The van der Waals surface area contributed by atoms with Gasteiger partial charge in [-0.05, 0) is 49.1 Å². The summed E-state index contributed by atoms with van der Waals surface area (Å²) in [7, 11) is 0. The summed E-state index contributed by atoms with van der Waals surface area (Å²) in [4.78, 5) is 38.1. The molecule has 1 aromatic heterocycles. The number of hydrogen-bond donors (Lipinski definition) is 2. The Morgan fingerprint density at radius 3 is 2.75 bits per heavy atom. The van der Waals surface area contributed by atoms with E-state index in [1.165, 1.54) is 0 Å². The lowest BCUT2D eigenvalue weighted by Crippen LogP contribution is -2.28. The molecule has 0 aliphatic carbocycles. The van der Waals surface area contributed by atoms with Gasteiger partial charge < -0.3 is 15.0 Å². The molecule has 1 aromatic carbocycles. The Balaban J connectivity index is 1.82. The maximum absolute atomic E-state index is 11.9. The molecule has 0 bridgehead atoms. The lowest BCUT2D eigenvalue weighted by atomic mass is 9.99. The van der Waals surface area contributed by atoms with E-state index in [0.717, 1.165) is 11.1 Å². The maximum atomic E-state index is 11.9. The Hall–Kier alpha value is -3.11. The van der Waals surface area contributed by atoms with E-state index >= 15 is 0 Å². The summed E-state index contributed by atoms with van der Waals surface area (Å²) in [6, 6.07) is 8.94. The monoisotopic (exact) mass is 401 g/mol. The Morgan fingerprint density at radius 1 is 1.32 bits per heavy atom. The standard InChI is InChI=1S/C20H20ClN3O4/c1-12-16(13(2)24-20(27)17(12)9-22)6-7-19(26)28-11-18(25)23-10-14-4-3-5-15(21)8-14/h3-5,8H,6-7,10-11H2,1-2H3,(H,23,25)(H,24,27). The lowest BCUT2D eigenvalue weighted by Gasteiger charge is -2.11. The van der Waals surface area contributed by atoms with Gasteiger partial charge in [0.2, 0.25) is 0 Å². The first-order chi connectivity index (χ1) is 13.3. The van der Waals surface area contributed by atoms with Gasteiger partial charge in [0, 0.05) is 23.7 Å². The van der Waals surface area contributed by atoms with E-state index in [-0.39, 0.29) is 25.1 Å². The van der Waals surface area contributed by atoms with Crippen LogP contribution in [0.25, 0.3) is 0 Å². The van der Waals surface area contributed by atoms with E-state index in [0.29, 0.717) is 22.7 Å². The van der Waals surface area contributed by atoms with Crippen LogP contribution in [0, 0.1) is 25.2 Å². The molecule has 0 radical (unpaired) electrons. The van der Waals surface area contributed by atoms with E-state index in [1.807, 2.05) is 12.1 Å². The number of aromatic nitrogens is 1. The highest BCUT2D eigenvalue weighted by atomic mass is 35.5. The van der Waals surface area contributed by atoms with E-state index in [1.54, 1.807) is 32.0 Å². The van der Waals surface area contributed by atoms with E-state index in [2.05, 4.69) is 10.3 Å². The van der Waals surface area contributed by atoms with Gasteiger partial charge in [0.15, 0.2) is 6.61 Å². The molecule has 0 fully saturated rings. The van der Waals surface area contributed by atoms with Crippen molar-refractivity contribution in [2.75, 3.05) is 6.61 Å². The van der Waals surface area contributed by atoms with Crippen molar-refractivity contribution in [3.8, 4) is 6.07 Å². The van der Waals surface area contributed by atoms with E-state index < -0.39 is 17.4 Å². The summed E-state index contributed by atoms with van der Waals surface area (Å²) < 4.78 is 4.98. The van der Waals surface area contributed by atoms with Gasteiger partial charge in [-0.3, -0.25) is 14.4 Å². The second kappa shape index (κ2) is 9.72. The average molecular weight is 402 g/mol. The summed E-state index contributed by atoms with van der Waals surface area (Å²) in [5, 5.41) is 12.3. The number of esters is 1. The largest absolute Gasteiger partial charge is 0.456 e. The summed E-state index contributed by atoms with van der Waals surface area (Å²) in [6.07, 6.45) is 0.326. The molecule has 0 unspecified atom stereocenters. The minimum Gasteiger partial charge on any atom is -0.456 e. The second-order valence-electron chi connectivity index (χ2n) is 6.24. The number of aryl methyl sites for hydroxylation is 1. The predicted octanol–water partition coefficient (Wildman–Crippen LogP) is 2.31. The van der Waals surface area contributed by atoms with Gasteiger partial charge in [-0.25, -0.2) is 0 Å². The third kappa shape index (κ3) is 5.69. The molecule has 0 saturated heterocycles. The normalized spacial score (nSPS) is 10.2. The lowest BCUT2D eigenvalue weighted by molar-refractivity contribution is -0.148. The number of ether oxygens (including phenoxy) is 1. The van der Waals surface area contributed by atoms with Gasteiger partial charge in [-0.15, -0.1) is 0 Å². The van der Waals surface area contributed by atoms with Gasteiger partial charge in [0.1, 0.15) is 11.6 Å². The molecule has 1 amide bonds. The fourth-order valence-corrected chi connectivity index (χ4v) is 2.98. The zero-order chi connectivity index (χ0) is 20.7. The van der Waals surface area contributed by atoms with Crippen LogP contribution in [0.4, 0.5) is 0 Å². The fraction of sp³-hybridized carbons (Fsp3) is 0.300. The summed E-state index contributed by atoms with van der Waals surface area (Å²) in [6.45, 7) is 3.28. The number of rotatable bonds is 7. The highest BCUT2D eigenvalue weighted by Gasteiger charge is 2.14. The molecule has 7 nitrogen and oxygen atoms in total. The van der Waals surface area contributed by atoms with Crippen LogP contribution >= 0.6 is 11.6 Å². The molecule has 0 spiro atoms. The Kier molecular flexibility index (Phi) is 7.36. The van der Waals surface area contributed by atoms with Gasteiger partial charge in [0.25, 0.3) is 11.5 Å². The molecule has 0 aliphatic rings. The molecule has 0 aliphatic heterocycles. The fourth-order valence-electron chi connectivity index (χ4n) is 2.76. The van der Waals surface area contributed by atoms with Gasteiger partial charge in [-0.2, -0.15) is 5.26 Å². The number of carbonyl (C=O) groups is 2. The van der Waals surface area contributed by atoms with Crippen LogP contribution in [0.5, 0.6) is 0 Å². The van der Waals surface area contributed by atoms with Gasteiger partial charge in [-0.1, -0.05) is 23.7 Å². The van der Waals surface area contributed by atoms with Crippen molar-refractivity contribution in [1.82, 2.24) is 10.3 Å². The predicted molar refractivity (Wildman–Crippen MR) is 104 cm³/mol. The molecule has 1 heterocycles. The molecule has 0 atom stereocenters. The molecular weight excluding hydrogens is 382 g/mol. The Labute approximate surface area is 167 Å². The zero-order valence-corrected chi connectivity index (χ0v) is 16.4. The number of nitrogens with zero attached hydrogens (tertiary/aromatic N) is 1. The first-order valence-electron chi connectivity index (χ1n) is 8.61. The van der Waals surface area contributed by atoms with Crippen LogP contribution in [0.2, 0.25) is 5.02 Å². The summed E-state index contributed by atoms with van der Waals surface area (Å²) in [5.74, 6) is -0.960. The quantitative estimate of drug-likeness (QED) is 0.691. The molecule has 2 aromatic rings. The van der Waals surface area contributed by atoms with Crippen LogP contribution in [-0.2, 0) is 27.3 Å². The smallest absolute Gasteiger partial charge is 0.306 e. The SMILES string of the molecule is Cc1[nH]c(=O)c(C#N)c(C)c1CCC(=O)OCC(=O)NCc1cccc(Cl)c1. The van der Waals surface area contributed by atoms with Crippen LogP contribution < -0.4 is 10.9 Å². The Bertz CT molecular complexity index is 992. The topological polar surface area (TPSA) is 112 Å². The minimum absolute atomic E-state index is 0.0279. The Morgan fingerprint density at radius 2 is 2.07 bits per heavy atom. The molecule has 8 heteroatoms. The van der Waals surface area contributed by atoms with E-state index in [9.17, 15) is 14.4 Å². The highest BCUT2D eigenvalue weighted by Crippen LogP contribution is 2.15. The van der Waals surface area contributed by atoms with Crippen molar-refractivity contribution in [3.63, 3.8) is 0 Å². The van der Waals surface area contributed by atoms with Crippen molar-refractivity contribution >= 4 is 23.5 Å². The van der Waals surface area contributed by atoms with E-state index in [4.69, 9.17) is 21.6 Å². The molecule has 0 saturated carbocycles.